The molecule has 7 heteroatoms. The fourth-order valence-corrected chi connectivity index (χ4v) is 3.50. The van der Waals surface area contributed by atoms with Gasteiger partial charge < -0.3 is 10.2 Å². The highest BCUT2D eigenvalue weighted by molar-refractivity contribution is 7.89. The van der Waals surface area contributed by atoms with Gasteiger partial charge in [0.25, 0.3) is 0 Å². The molecule has 2 atom stereocenters. The van der Waals surface area contributed by atoms with Gasteiger partial charge in [0, 0.05) is 19.5 Å². The van der Waals surface area contributed by atoms with Gasteiger partial charge in [-0.1, -0.05) is 6.92 Å². The van der Waals surface area contributed by atoms with Gasteiger partial charge in [0.05, 0.1) is 11.9 Å². The second-order valence-corrected chi connectivity index (χ2v) is 6.59. The molecule has 0 spiro atoms. The van der Waals surface area contributed by atoms with E-state index in [4.69, 9.17) is 5.11 Å². The van der Waals surface area contributed by atoms with E-state index in [2.05, 4.69) is 0 Å². The first-order valence-electron chi connectivity index (χ1n) is 5.70. The monoisotopic (exact) mass is 265 g/mol. The Hall–Kier alpha value is -0.660. The van der Waals surface area contributed by atoms with Crippen molar-refractivity contribution >= 4 is 16.0 Å². The molecule has 100 valence electrons. The Bertz CT molecular complexity index is 367. The summed E-state index contributed by atoms with van der Waals surface area (Å²) in [6, 6.07) is 0. The zero-order valence-electron chi connectivity index (χ0n) is 9.87. The fourth-order valence-electron chi connectivity index (χ4n) is 1.88. The Balaban J connectivity index is 2.50. The minimum Gasteiger partial charge on any atom is -0.481 e. The highest BCUT2D eigenvalue weighted by Gasteiger charge is 2.31. The quantitative estimate of drug-likeness (QED) is 0.723. The third-order valence-electron chi connectivity index (χ3n) is 3.01. The molecule has 6 nitrogen and oxygen atoms in total. The minimum atomic E-state index is -3.38. The van der Waals surface area contributed by atoms with Crippen LogP contribution in [0.2, 0.25) is 0 Å². The topological polar surface area (TPSA) is 94.9 Å². The zero-order valence-corrected chi connectivity index (χ0v) is 10.7. The summed E-state index contributed by atoms with van der Waals surface area (Å²) in [5, 5.41) is 18.0. The van der Waals surface area contributed by atoms with Crippen molar-refractivity contribution in [1.82, 2.24) is 4.31 Å². The average molecular weight is 265 g/mol. The number of hydrogen-bond acceptors (Lipinski definition) is 4. The lowest BCUT2D eigenvalue weighted by Crippen LogP contribution is -2.45. The maximum atomic E-state index is 11.9. The number of carboxylic acid groups (broad SMARTS) is 1. The highest BCUT2D eigenvalue weighted by atomic mass is 32.2. The highest BCUT2D eigenvalue weighted by Crippen LogP contribution is 2.19. The first-order valence-corrected chi connectivity index (χ1v) is 7.31. The number of piperidine rings is 1. The summed E-state index contributed by atoms with van der Waals surface area (Å²) in [7, 11) is -3.38. The molecule has 1 aliphatic rings. The van der Waals surface area contributed by atoms with Gasteiger partial charge >= 0.3 is 5.97 Å². The molecular weight excluding hydrogens is 246 g/mol. The van der Waals surface area contributed by atoms with Crippen molar-refractivity contribution < 1.29 is 23.4 Å². The first-order chi connectivity index (χ1) is 7.83. The van der Waals surface area contributed by atoms with Crippen molar-refractivity contribution in [1.29, 1.82) is 0 Å². The summed E-state index contributed by atoms with van der Waals surface area (Å²) < 4.78 is 25.1. The molecule has 1 fully saturated rings. The number of aliphatic hydroxyl groups is 1. The van der Waals surface area contributed by atoms with Crippen molar-refractivity contribution in [3.63, 3.8) is 0 Å². The van der Waals surface area contributed by atoms with E-state index >= 15 is 0 Å². The van der Waals surface area contributed by atoms with Crippen LogP contribution in [0.4, 0.5) is 0 Å². The zero-order chi connectivity index (χ0) is 13.1. The van der Waals surface area contributed by atoms with Crippen LogP contribution >= 0.6 is 0 Å². The summed E-state index contributed by atoms with van der Waals surface area (Å²) in [6.45, 7) is 2.45. The third-order valence-corrected chi connectivity index (χ3v) is 4.93. The van der Waals surface area contributed by atoms with E-state index in [1.807, 2.05) is 6.92 Å². The standard InChI is InChI=1S/C10H19NO5S/c1-8-7-11(5-4-9(8)12)17(15,16)6-2-3-10(13)14/h8-9,12H,2-7H2,1H3,(H,13,14). The summed E-state index contributed by atoms with van der Waals surface area (Å²) in [4.78, 5) is 10.3. The lowest BCUT2D eigenvalue weighted by molar-refractivity contribution is -0.137. The molecule has 0 aromatic rings. The molecule has 0 aliphatic carbocycles. The van der Waals surface area contributed by atoms with Crippen LogP contribution in [-0.4, -0.2) is 53.9 Å². The van der Waals surface area contributed by atoms with E-state index in [0.717, 1.165) is 0 Å². The average Bonchev–Trinajstić information content (AvgIpc) is 2.21. The van der Waals surface area contributed by atoms with E-state index < -0.39 is 22.1 Å². The van der Waals surface area contributed by atoms with Crippen LogP contribution in [0.15, 0.2) is 0 Å². The number of hydrogen-bond donors (Lipinski definition) is 2. The Morgan fingerprint density at radius 3 is 2.65 bits per heavy atom. The number of carboxylic acids is 1. The molecule has 1 heterocycles. The van der Waals surface area contributed by atoms with E-state index in [1.165, 1.54) is 4.31 Å². The van der Waals surface area contributed by atoms with Crippen molar-refractivity contribution in [2.45, 2.75) is 32.3 Å². The van der Waals surface area contributed by atoms with Crippen molar-refractivity contribution in [3.8, 4) is 0 Å². The van der Waals surface area contributed by atoms with Crippen molar-refractivity contribution in [2.75, 3.05) is 18.8 Å². The van der Waals surface area contributed by atoms with Gasteiger partial charge in [0.1, 0.15) is 0 Å². The lowest BCUT2D eigenvalue weighted by atomic mass is 9.99. The molecule has 0 aromatic heterocycles. The smallest absolute Gasteiger partial charge is 0.303 e. The first kappa shape index (κ1) is 14.4. The second kappa shape index (κ2) is 5.79. The second-order valence-electron chi connectivity index (χ2n) is 4.50. The van der Waals surface area contributed by atoms with Gasteiger partial charge in [0.15, 0.2) is 0 Å². The van der Waals surface area contributed by atoms with Crippen LogP contribution in [0.25, 0.3) is 0 Å². The maximum absolute atomic E-state index is 11.9. The lowest BCUT2D eigenvalue weighted by Gasteiger charge is -2.33. The number of carbonyl (C=O) groups is 1. The molecule has 0 amide bonds. The molecule has 2 N–H and O–H groups in total. The van der Waals surface area contributed by atoms with Crippen LogP contribution in [0.3, 0.4) is 0 Å². The minimum absolute atomic E-state index is 0.0713. The van der Waals surface area contributed by atoms with Gasteiger partial charge in [-0.2, -0.15) is 0 Å². The summed E-state index contributed by atoms with van der Waals surface area (Å²) in [6.07, 6.45) is -0.00385. The molecular formula is C10H19NO5S. The summed E-state index contributed by atoms with van der Waals surface area (Å²) in [5.74, 6) is -1.19. The predicted octanol–water partition coefficient (Wildman–Crippen LogP) is -0.116. The molecule has 17 heavy (non-hydrogen) atoms. The molecule has 1 rings (SSSR count). The fraction of sp³-hybridized carbons (Fsp3) is 0.900. The SMILES string of the molecule is CC1CN(S(=O)(=O)CCCC(=O)O)CCC1O. The molecule has 0 bridgehead atoms. The molecule has 0 radical (unpaired) electrons. The molecule has 1 saturated heterocycles. The normalized spacial score (nSPS) is 26.9. The van der Waals surface area contributed by atoms with E-state index in [1.54, 1.807) is 0 Å². The molecule has 1 aliphatic heterocycles. The van der Waals surface area contributed by atoms with Gasteiger partial charge in [-0.15, -0.1) is 0 Å². The Morgan fingerprint density at radius 1 is 1.47 bits per heavy atom. The van der Waals surface area contributed by atoms with Gasteiger partial charge in [-0.25, -0.2) is 12.7 Å². The van der Waals surface area contributed by atoms with E-state index in [9.17, 15) is 18.3 Å². The van der Waals surface area contributed by atoms with Crippen LogP contribution in [0.5, 0.6) is 0 Å². The van der Waals surface area contributed by atoms with Crippen molar-refractivity contribution in [3.05, 3.63) is 0 Å². The number of sulfonamides is 1. The number of rotatable bonds is 5. The van der Waals surface area contributed by atoms with E-state index in [-0.39, 0.29) is 24.5 Å². The maximum Gasteiger partial charge on any atom is 0.303 e. The Morgan fingerprint density at radius 2 is 2.12 bits per heavy atom. The summed E-state index contributed by atoms with van der Waals surface area (Å²) in [5.41, 5.74) is 0. The van der Waals surface area contributed by atoms with Crippen LogP contribution in [0.1, 0.15) is 26.2 Å². The van der Waals surface area contributed by atoms with Gasteiger partial charge in [-0.3, -0.25) is 4.79 Å². The van der Waals surface area contributed by atoms with Crippen LogP contribution in [-0.2, 0) is 14.8 Å². The number of aliphatic carboxylic acids is 1. The van der Waals surface area contributed by atoms with Crippen LogP contribution < -0.4 is 0 Å². The molecule has 0 saturated carbocycles. The Kier molecular flexibility index (Phi) is 4.91. The summed E-state index contributed by atoms with van der Waals surface area (Å²) >= 11 is 0. The van der Waals surface area contributed by atoms with Gasteiger partial charge in [-0.05, 0) is 18.8 Å². The molecule has 0 aromatic carbocycles. The third kappa shape index (κ3) is 4.25. The van der Waals surface area contributed by atoms with Crippen molar-refractivity contribution in [2.24, 2.45) is 5.92 Å². The Labute approximate surface area is 101 Å². The van der Waals surface area contributed by atoms with Gasteiger partial charge in [0.2, 0.25) is 10.0 Å². The van der Waals surface area contributed by atoms with Crippen LogP contribution in [0, 0.1) is 5.92 Å². The number of aliphatic hydroxyl groups excluding tert-OH is 1. The number of nitrogens with zero attached hydrogens (tertiary/aromatic N) is 1. The predicted molar refractivity (Wildman–Crippen MR) is 62.0 cm³/mol. The largest absolute Gasteiger partial charge is 0.481 e. The van der Waals surface area contributed by atoms with E-state index in [0.29, 0.717) is 19.5 Å². The molecule has 2 unspecified atom stereocenters.